The first-order valence-electron chi connectivity index (χ1n) is 3.69. The van der Waals surface area contributed by atoms with Crippen molar-refractivity contribution >= 4 is 17.8 Å². The molecule has 1 aromatic heterocycles. The van der Waals surface area contributed by atoms with E-state index in [1.807, 2.05) is 6.92 Å². The summed E-state index contributed by atoms with van der Waals surface area (Å²) in [7, 11) is 0. The first-order chi connectivity index (χ1) is 6.99. The first kappa shape index (κ1) is 12.8. The summed E-state index contributed by atoms with van der Waals surface area (Å²) in [5.41, 5.74) is 3.23. The van der Waals surface area contributed by atoms with Crippen LogP contribution in [-0.2, 0) is 9.59 Å². The smallest absolute Gasteiger partial charge is 0.414 e. The lowest BCUT2D eigenvalue weighted by molar-refractivity contribution is -0.159. The minimum absolute atomic E-state index is 0.623. The number of nitrogens with two attached hydrogens (primary N) is 1. The standard InChI is InChI=1S/C5H8N4.C2H2O4/c1-4-5(9-6)8-3-2-7-4;3-1(4)2(5)6/h2-3H,6H2,1H3,(H,8,9);(H,3,4)(H,5,6). The van der Waals surface area contributed by atoms with Crippen molar-refractivity contribution < 1.29 is 19.8 Å². The minimum atomic E-state index is -1.82. The van der Waals surface area contributed by atoms with Crippen LogP contribution >= 0.6 is 0 Å². The third-order valence-electron chi connectivity index (χ3n) is 1.20. The summed E-state index contributed by atoms with van der Waals surface area (Å²) in [6.45, 7) is 1.84. The highest BCUT2D eigenvalue weighted by Gasteiger charge is 2.04. The molecule has 1 rings (SSSR count). The predicted octanol–water partition coefficient (Wildman–Crippen LogP) is -0.774. The van der Waals surface area contributed by atoms with Crippen molar-refractivity contribution in [1.29, 1.82) is 0 Å². The monoisotopic (exact) mass is 214 g/mol. The molecular weight excluding hydrogens is 204 g/mol. The molecule has 0 radical (unpaired) electrons. The molecule has 8 nitrogen and oxygen atoms in total. The second-order valence-corrected chi connectivity index (χ2v) is 2.25. The molecule has 15 heavy (non-hydrogen) atoms. The molecule has 8 heteroatoms. The molecule has 0 aromatic carbocycles. The summed E-state index contributed by atoms with van der Waals surface area (Å²) in [4.78, 5) is 26.0. The molecule has 0 amide bonds. The van der Waals surface area contributed by atoms with Gasteiger partial charge in [-0.1, -0.05) is 0 Å². The van der Waals surface area contributed by atoms with Gasteiger partial charge in [0.25, 0.3) is 0 Å². The molecule has 1 heterocycles. The minimum Gasteiger partial charge on any atom is -0.473 e. The maximum Gasteiger partial charge on any atom is 0.414 e. The Morgan fingerprint density at radius 2 is 1.73 bits per heavy atom. The number of nitrogens with one attached hydrogen (secondary N) is 1. The van der Waals surface area contributed by atoms with Crippen LogP contribution in [0.25, 0.3) is 0 Å². The van der Waals surface area contributed by atoms with Crippen LogP contribution in [0.4, 0.5) is 5.82 Å². The van der Waals surface area contributed by atoms with Crippen molar-refractivity contribution in [3.05, 3.63) is 18.1 Å². The summed E-state index contributed by atoms with van der Waals surface area (Å²) in [6.07, 6.45) is 3.21. The van der Waals surface area contributed by atoms with E-state index in [2.05, 4.69) is 15.4 Å². The lowest BCUT2D eigenvalue weighted by Crippen LogP contribution is -2.10. The molecule has 5 N–H and O–H groups in total. The van der Waals surface area contributed by atoms with E-state index in [-0.39, 0.29) is 0 Å². The van der Waals surface area contributed by atoms with Gasteiger partial charge in [-0.15, -0.1) is 0 Å². The van der Waals surface area contributed by atoms with Gasteiger partial charge in [0.1, 0.15) is 0 Å². The molecule has 0 aliphatic heterocycles. The molecule has 0 fully saturated rings. The maximum absolute atomic E-state index is 9.10. The van der Waals surface area contributed by atoms with E-state index >= 15 is 0 Å². The Labute approximate surface area is 84.7 Å². The van der Waals surface area contributed by atoms with Crippen LogP contribution in [0, 0.1) is 6.92 Å². The Bertz CT molecular complexity index is 343. The molecule has 0 unspecified atom stereocenters. The number of carbonyl (C=O) groups is 2. The van der Waals surface area contributed by atoms with Crippen LogP contribution in [0.2, 0.25) is 0 Å². The number of carboxylic acid groups (broad SMARTS) is 2. The van der Waals surface area contributed by atoms with Gasteiger partial charge < -0.3 is 15.6 Å². The maximum atomic E-state index is 9.10. The van der Waals surface area contributed by atoms with E-state index in [1.54, 1.807) is 12.4 Å². The highest BCUT2D eigenvalue weighted by atomic mass is 16.4. The second kappa shape index (κ2) is 6.27. The number of hydrogen-bond acceptors (Lipinski definition) is 6. The van der Waals surface area contributed by atoms with E-state index in [4.69, 9.17) is 25.6 Å². The van der Waals surface area contributed by atoms with Crippen molar-refractivity contribution in [2.24, 2.45) is 5.84 Å². The van der Waals surface area contributed by atoms with Crippen molar-refractivity contribution in [3.8, 4) is 0 Å². The first-order valence-corrected chi connectivity index (χ1v) is 3.69. The zero-order valence-corrected chi connectivity index (χ0v) is 7.84. The number of anilines is 1. The van der Waals surface area contributed by atoms with Crippen molar-refractivity contribution in [2.45, 2.75) is 6.92 Å². The fourth-order valence-corrected chi connectivity index (χ4v) is 0.549. The molecular formula is C7H10N4O4. The number of nitrogen functional groups attached to an aromatic ring is 1. The Morgan fingerprint density at radius 3 is 2.00 bits per heavy atom. The van der Waals surface area contributed by atoms with Gasteiger partial charge >= 0.3 is 11.9 Å². The highest BCUT2D eigenvalue weighted by molar-refractivity contribution is 6.27. The number of hydrazine groups is 1. The van der Waals surface area contributed by atoms with E-state index in [1.165, 1.54) is 0 Å². The summed E-state index contributed by atoms with van der Waals surface area (Å²) in [6, 6.07) is 0. The van der Waals surface area contributed by atoms with Gasteiger partial charge in [0.05, 0.1) is 5.69 Å². The van der Waals surface area contributed by atoms with Gasteiger partial charge in [0.2, 0.25) is 0 Å². The van der Waals surface area contributed by atoms with Gasteiger partial charge in [-0.2, -0.15) is 0 Å². The molecule has 0 aliphatic rings. The van der Waals surface area contributed by atoms with Crippen LogP contribution in [-0.4, -0.2) is 32.1 Å². The largest absolute Gasteiger partial charge is 0.473 e. The van der Waals surface area contributed by atoms with Crippen molar-refractivity contribution in [1.82, 2.24) is 9.97 Å². The lowest BCUT2D eigenvalue weighted by Gasteiger charge is -1.98. The summed E-state index contributed by atoms with van der Waals surface area (Å²) in [5, 5.41) is 14.8. The fraction of sp³-hybridized carbons (Fsp3) is 0.143. The Morgan fingerprint density at radius 1 is 1.27 bits per heavy atom. The average molecular weight is 214 g/mol. The highest BCUT2D eigenvalue weighted by Crippen LogP contribution is 2.01. The summed E-state index contributed by atoms with van der Waals surface area (Å²) in [5.74, 6) is 2.07. The zero-order valence-electron chi connectivity index (χ0n) is 7.84. The topological polar surface area (TPSA) is 138 Å². The van der Waals surface area contributed by atoms with Crippen LogP contribution in [0.15, 0.2) is 12.4 Å². The third-order valence-corrected chi connectivity index (χ3v) is 1.20. The molecule has 82 valence electrons. The van der Waals surface area contributed by atoms with Crippen molar-refractivity contribution in [2.75, 3.05) is 5.43 Å². The molecule has 0 spiro atoms. The number of aryl methyl sites for hydroxylation is 1. The molecule has 0 saturated carbocycles. The molecule has 0 aliphatic carbocycles. The van der Waals surface area contributed by atoms with Gasteiger partial charge in [-0.05, 0) is 6.92 Å². The number of hydrogen-bond donors (Lipinski definition) is 4. The summed E-state index contributed by atoms with van der Waals surface area (Å²) >= 11 is 0. The quantitative estimate of drug-likeness (QED) is 0.271. The molecule has 0 bridgehead atoms. The number of nitrogens with zero attached hydrogens (tertiary/aromatic N) is 2. The van der Waals surface area contributed by atoms with E-state index < -0.39 is 11.9 Å². The SMILES string of the molecule is Cc1nccnc1NN.O=C(O)C(=O)O. The van der Waals surface area contributed by atoms with E-state index in [0.29, 0.717) is 5.82 Å². The van der Waals surface area contributed by atoms with Crippen LogP contribution in [0.5, 0.6) is 0 Å². The lowest BCUT2D eigenvalue weighted by atomic mass is 10.5. The van der Waals surface area contributed by atoms with Crippen LogP contribution < -0.4 is 11.3 Å². The zero-order chi connectivity index (χ0) is 11.8. The molecule has 0 saturated heterocycles. The number of aliphatic carboxylic acids is 2. The van der Waals surface area contributed by atoms with Crippen molar-refractivity contribution in [3.63, 3.8) is 0 Å². The summed E-state index contributed by atoms with van der Waals surface area (Å²) < 4.78 is 0. The fourth-order valence-electron chi connectivity index (χ4n) is 0.549. The van der Waals surface area contributed by atoms with Gasteiger partial charge in [0.15, 0.2) is 5.82 Å². The number of aromatic nitrogens is 2. The number of carboxylic acids is 2. The van der Waals surface area contributed by atoms with Crippen LogP contribution in [0.3, 0.4) is 0 Å². The molecule has 1 aromatic rings. The number of rotatable bonds is 1. The average Bonchev–Trinajstić information content (AvgIpc) is 2.19. The Hall–Kier alpha value is -2.22. The van der Waals surface area contributed by atoms with Gasteiger partial charge in [-0.25, -0.2) is 20.4 Å². The van der Waals surface area contributed by atoms with Gasteiger partial charge in [0, 0.05) is 12.4 Å². The van der Waals surface area contributed by atoms with Crippen LogP contribution in [0.1, 0.15) is 5.69 Å². The Kier molecular flexibility index (Phi) is 5.34. The predicted molar refractivity (Wildman–Crippen MR) is 49.9 cm³/mol. The van der Waals surface area contributed by atoms with E-state index in [9.17, 15) is 0 Å². The van der Waals surface area contributed by atoms with E-state index in [0.717, 1.165) is 5.69 Å². The molecule has 0 atom stereocenters. The Balaban J connectivity index is 0.000000288. The third kappa shape index (κ3) is 5.16. The second-order valence-electron chi connectivity index (χ2n) is 2.25. The normalized spacial score (nSPS) is 8.40. The van der Waals surface area contributed by atoms with Gasteiger partial charge in [-0.3, -0.25) is 4.98 Å².